The molecule has 4 nitrogen and oxygen atoms in total. The van der Waals surface area contributed by atoms with Crippen LogP contribution < -0.4 is 5.32 Å². The number of hydrogen-bond acceptors (Lipinski definition) is 3. The number of amides is 1. The van der Waals surface area contributed by atoms with Crippen LogP contribution in [0.15, 0.2) is 65.1 Å². The van der Waals surface area contributed by atoms with Gasteiger partial charge in [-0.2, -0.15) is 0 Å². The highest BCUT2D eigenvalue weighted by Crippen LogP contribution is 2.20. The van der Waals surface area contributed by atoms with Gasteiger partial charge in [-0.15, -0.1) is 0 Å². The number of nitrogens with one attached hydrogen (secondary N) is 1. The van der Waals surface area contributed by atoms with Crippen LogP contribution in [0.2, 0.25) is 0 Å². The molecule has 1 fully saturated rings. The Bertz CT molecular complexity index is 1020. The summed E-state index contributed by atoms with van der Waals surface area (Å²) in [6.07, 6.45) is 5.67. The molecule has 0 bridgehead atoms. The molecule has 5 heteroatoms. The van der Waals surface area contributed by atoms with Gasteiger partial charge in [0.15, 0.2) is 5.76 Å². The molecule has 0 radical (unpaired) electrons. The van der Waals surface area contributed by atoms with Gasteiger partial charge < -0.3 is 9.73 Å². The van der Waals surface area contributed by atoms with Crippen LogP contribution in [-0.4, -0.2) is 16.8 Å². The third-order valence-corrected chi connectivity index (χ3v) is 6.03. The molecule has 4 rings (SSSR count). The number of nitrogens with zero attached hydrogens (tertiary/aromatic N) is 1. The molecule has 32 heavy (non-hydrogen) atoms. The van der Waals surface area contributed by atoms with Crippen molar-refractivity contribution in [3.05, 3.63) is 94.7 Å². The van der Waals surface area contributed by atoms with E-state index in [0.717, 1.165) is 24.2 Å². The van der Waals surface area contributed by atoms with Gasteiger partial charge in [-0.1, -0.05) is 61.2 Å². The molecule has 0 unspecified atom stereocenters. The molecule has 1 aromatic heterocycles. The highest BCUT2D eigenvalue weighted by molar-refractivity contribution is 5.91. The molecule has 0 aliphatic heterocycles. The van der Waals surface area contributed by atoms with Gasteiger partial charge in [-0.25, -0.2) is 4.39 Å². The van der Waals surface area contributed by atoms with Crippen LogP contribution in [-0.2, 0) is 19.6 Å². The first kappa shape index (κ1) is 22.3. The molecule has 0 atom stereocenters. The van der Waals surface area contributed by atoms with Crippen LogP contribution in [0.5, 0.6) is 0 Å². The second-order valence-electron chi connectivity index (χ2n) is 8.84. The number of carbonyl (C=O) groups excluding carboxylic acids is 1. The minimum absolute atomic E-state index is 0.140. The molecule has 3 aromatic rings. The maximum atomic E-state index is 13.7. The number of benzene rings is 2. The lowest BCUT2D eigenvalue weighted by Crippen LogP contribution is -2.35. The summed E-state index contributed by atoms with van der Waals surface area (Å²) in [4.78, 5) is 14.8. The summed E-state index contributed by atoms with van der Waals surface area (Å²) in [7, 11) is 0. The number of rotatable bonds is 8. The Hall–Kier alpha value is -2.92. The van der Waals surface area contributed by atoms with Gasteiger partial charge in [0, 0.05) is 19.1 Å². The van der Waals surface area contributed by atoms with Crippen molar-refractivity contribution in [3.63, 3.8) is 0 Å². The Balaban J connectivity index is 1.45. The molecule has 1 saturated carbocycles. The molecule has 1 N–H and O–H groups in total. The normalized spacial score (nSPS) is 14.6. The van der Waals surface area contributed by atoms with E-state index in [2.05, 4.69) is 41.4 Å². The van der Waals surface area contributed by atoms with Crippen molar-refractivity contribution in [3.8, 4) is 0 Å². The van der Waals surface area contributed by atoms with Gasteiger partial charge >= 0.3 is 0 Å². The van der Waals surface area contributed by atoms with Crippen LogP contribution in [0.25, 0.3) is 0 Å². The average Bonchev–Trinajstić information content (AvgIpc) is 3.25. The van der Waals surface area contributed by atoms with Gasteiger partial charge in [0.1, 0.15) is 11.6 Å². The predicted molar refractivity (Wildman–Crippen MR) is 124 cm³/mol. The Kier molecular flexibility index (Phi) is 7.38. The molecule has 1 aliphatic rings. The van der Waals surface area contributed by atoms with Gasteiger partial charge in [-0.05, 0) is 55.2 Å². The molecule has 1 heterocycles. The number of furan rings is 1. The molecule has 168 valence electrons. The summed E-state index contributed by atoms with van der Waals surface area (Å²) in [6, 6.07) is 18.9. The summed E-state index contributed by atoms with van der Waals surface area (Å²) >= 11 is 0. The van der Waals surface area contributed by atoms with Gasteiger partial charge in [0.25, 0.3) is 5.91 Å². The number of carbonyl (C=O) groups is 1. The third kappa shape index (κ3) is 6.30. The van der Waals surface area contributed by atoms with Crippen molar-refractivity contribution >= 4 is 5.91 Å². The minimum atomic E-state index is -0.238. The van der Waals surface area contributed by atoms with Crippen LogP contribution in [0.4, 0.5) is 4.39 Å². The van der Waals surface area contributed by atoms with Crippen LogP contribution in [0.1, 0.15) is 65.1 Å². The first-order chi connectivity index (χ1) is 15.5. The highest BCUT2D eigenvalue weighted by atomic mass is 19.1. The Labute approximate surface area is 189 Å². The summed E-state index contributed by atoms with van der Waals surface area (Å²) < 4.78 is 19.6. The van der Waals surface area contributed by atoms with Crippen molar-refractivity contribution in [1.29, 1.82) is 0 Å². The second-order valence-corrected chi connectivity index (χ2v) is 8.84. The zero-order valence-corrected chi connectivity index (χ0v) is 18.6. The van der Waals surface area contributed by atoms with Gasteiger partial charge in [0.05, 0.1) is 6.54 Å². The zero-order chi connectivity index (χ0) is 22.3. The maximum Gasteiger partial charge on any atom is 0.287 e. The van der Waals surface area contributed by atoms with Crippen LogP contribution in [0.3, 0.4) is 0 Å². The first-order valence-electron chi connectivity index (χ1n) is 11.5. The maximum absolute atomic E-state index is 13.7. The molecule has 0 spiro atoms. The van der Waals surface area contributed by atoms with E-state index in [-0.39, 0.29) is 17.8 Å². The topological polar surface area (TPSA) is 45.5 Å². The Morgan fingerprint density at radius 3 is 2.47 bits per heavy atom. The van der Waals surface area contributed by atoms with E-state index in [1.165, 1.54) is 36.5 Å². The minimum Gasteiger partial charge on any atom is -0.455 e. The SMILES string of the molecule is Cc1ccc(CN(Cc2cccc(F)c2)Cc2ccc(C(=O)NC3CCCCC3)o2)cc1. The van der Waals surface area contributed by atoms with Crippen molar-refractivity contribution in [2.75, 3.05) is 0 Å². The molecular formula is C27H31FN2O2. The first-order valence-corrected chi connectivity index (χ1v) is 11.5. The Morgan fingerprint density at radius 2 is 1.72 bits per heavy atom. The lowest BCUT2D eigenvalue weighted by Gasteiger charge is -2.22. The lowest BCUT2D eigenvalue weighted by atomic mass is 9.95. The van der Waals surface area contributed by atoms with E-state index in [9.17, 15) is 9.18 Å². The molecule has 1 aliphatic carbocycles. The van der Waals surface area contributed by atoms with E-state index in [1.807, 2.05) is 12.1 Å². The van der Waals surface area contributed by atoms with Crippen LogP contribution in [0, 0.1) is 12.7 Å². The molecule has 0 saturated heterocycles. The fourth-order valence-corrected chi connectivity index (χ4v) is 4.32. The predicted octanol–water partition coefficient (Wildman–Crippen LogP) is 5.99. The smallest absolute Gasteiger partial charge is 0.287 e. The van der Waals surface area contributed by atoms with Crippen molar-refractivity contribution in [1.82, 2.24) is 10.2 Å². The van der Waals surface area contributed by atoms with Crippen molar-refractivity contribution < 1.29 is 13.6 Å². The molecule has 2 aromatic carbocycles. The van der Waals surface area contributed by atoms with E-state index >= 15 is 0 Å². The van der Waals surface area contributed by atoms with Crippen LogP contribution >= 0.6 is 0 Å². The summed E-state index contributed by atoms with van der Waals surface area (Å²) in [5.41, 5.74) is 3.29. The van der Waals surface area contributed by atoms with Crippen molar-refractivity contribution in [2.24, 2.45) is 0 Å². The van der Waals surface area contributed by atoms with E-state index in [0.29, 0.717) is 25.4 Å². The third-order valence-electron chi connectivity index (χ3n) is 6.03. The van der Waals surface area contributed by atoms with Crippen molar-refractivity contribution in [2.45, 2.75) is 64.7 Å². The number of hydrogen-bond donors (Lipinski definition) is 1. The fraction of sp³-hybridized carbons (Fsp3) is 0.370. The number of aryl methyl sites for hydroxylation is 1. The second kappa shape index (κ2) is 10.6. The fourth-order valence-electron chi connectivity index (χ4n) is 4.32. The zero-order valence-electron chi connectivity index (χ0n) is 18.6. The summed E-state index contributed by atoms with van der Waals surface area (Å²) in [6.45, 7) is 3.87. The van der Waals surface area contributed by atoms with Gasteiger partial charge in [-0.3, -0.25) is 9.69 Å². The van der Waals surface area contributed by atoms with E-state index < -0.39 is 0 Å². The number of halogens is 1. The molecular weight excluding hydrogens is 403 g/mol. The quantitative estimate of drug-likeness (QED) is 0.473. The largest absolute Gasteiger partial charge is 0.455 e. The highest BCUT2D eigenvalue weighted by Gasteiger charge is 2.19. The van der Waals surface area contributed by atoms with Gasteiger partial charge in [0.2, 0.25) is 0 Å². The average molecular weight is 435 g/mol. The standard InChI is InChI=1S/C27H31FN2O2/c1-20-10-12-21(13-11-20)17-30(18-22-6-5-7-23(28)16-22)19-25-14-15-26(32-25)27(31)29-24-8-3-2-4-9-24/h5-7,10-16,24H,2-4,8-9,17-19H2,1H3,(H,29,31). The molecule has 1 amide bonds. The Morgan fingerprint density at radius 1 is 0.969 bits per heavy atom. The van der Waals surface area contributed by atoms with E-state index in [4.69, 9.17) is 4.42 Å². The summed E-state index contributed by atoms with van der Waals surface area (Å²) in [5.74, 6) is 0.699. The monoisotopic (exact) mass is 434 g/mol. The lowest BCUT2D eigenvalue weighted by molar-refractivity contribution is 0.0895. The summed E-state index contributed by atoms with van der Waals surface area (Å²) in [5, 5.41) is 3.11. The van der Waals surface area contributed by atoms with E-state index in [1.54, 1.807) is 18.2 Å².